The summed E-state index contributed by atoms with van der Waals surface area (Å²) < 4.78 is 11.8. The van der Waals surface area contributed by atoms with E-state index in [2.05, 4.69) is 19.9 Å². The van der Waals surface area contributed by atoms with Crippen molar-refractivity contribution in [1.29, 1.82) is 0 Å². The summed E-state index contributed by atoms with van der Waals surface area (Å²) in [5.41, 5.74) is 1.51. The Balaban J connectivity index is 1.91. The minimum absolute atomic E-state index is 0.0578. The van der Waals surface area contributed by atoms with Crippen LogP contribution in [-0.4, -0.2) is 19.0 Å². The van der Waals surface area contributed by atoms with E-state index in [1.807, 2.05) is 0 Å². The van der Waals surface area contributed by atoms with Crippen LogP contribution in [0.4, 0.5) is 0 Å². The van der Waals surface area contributed by atoms with E-state index in [0.717, 1.165) is 13.0 Å². The highest BCUT2D eigenvalue weighted by atomic mass is 16.7. The van der Waals surface area contributed by atoms with Crippen molar-refractivity contribution in [2.24, 2.45) is 5.92 Å². The number of rotatable bonds is 3. The Morgan fingerprint density at radius 2 is 2.00 bits per heavy atom. The first kappa shape index (κ1) is 13.1. The van der Waals surface area contributed by atoms with Gasteiger partial charge in [0.1, 0.15) is 0 Å². The molecule has 2 aliphatic rings. The van der Waals surface area contributed by atoms with E-state index in [0.29, 0.717) is 12.0 Å². The van der Waals surface area contributed by atoms with Gasteiger partial charge in [0.15, 0.2) is 6.29 Å². The molecule has 0 bridgehead atoms. The molecule has 0 amide bonds. The molecule has 2 fully saturated rings. The molecule has 0 unspecified atom stereocenters. The number of hydrogen-bond donors (Lipinski definition) is 0. The Morgan fingerprint density at radius 3 is 2.71 bits per heavy atom. The van der Waals surface area contributed by atoms with E-state index >= 15 is 0 Å². The highest BCUT2D eigenvalue weighted by molar-refractivity contribution is 5.12. The minimum Gasteiger partial charge on any atom is -0.353 e. The Bertz CT molecular complexity index is 252. The average molecular weight is 238 g/mol. The molecule has 1 heterocycles. The maximum Gasteiger partial charge on any atom is 0.158 e. The van der Waals surface area contributed by atoms with Crippen molar-refractivity contribution in [3.05, 3.63) is 11.6 Å². The van der Waals surface area contributed by atoms with Crippen molar-refractivity contribution in [1.82, 2.24) is 0 Å². The van der Waals surface area contributed by atoms with E-state index < -0.39 is 0 Å². The van der Waals surface area contributed by atoms with Crippen LogP contribution in [0.1, 0.15) is 58.8 Å². The van der Waals surface area contributed by atoms with Crippen molar-refractivity contribution >= 4 is 0 Å². The summed E-state index contributed by atoms with van der Waals surface area (Å²) >= 11 is 0. The summed E-state index contributed by atoms with van der Waals surface area (Å²) in [5, 5.41) is 0. The van der Waals surface area contributed by atoms with Crippen molar-refractivity contribution in [3.8, 4) is 0 Å². The van der Waals surface area contributed by atoms with Crippen molar-refractivity contribution < 1.29 is 9.47 Å². The van der Waals surface area contributed by atoms with Gasteiger partial charge in [0.2, 0.25) is 0 Å². The lowest BCUT2D eigenvalue weighted by atomic mass is 9.90. The molecule has 2 atom stereocenters. The van der Waals surface area contributed by atoms with E-state index in [1.54, 1.807) is 0 Å². The van der Waals surface area contributed by atoms with Crippen LogP contribution in [0.15, 0.2) is 11.6 Å². The quantitative estimate of drug-likeness (QED) is 0.690. The first-order valence-electron chi connectivity index (χ1n) is 7.23. The molecule has 0 radical (unpaired) electrons. The first-order valence-corrected chi connectivity index (χ1v) is 7.23. The van der Waals surface area contributed by atoms with E-state index in [1.165, 1.54) is 44.1 Å². The number of hydrogen-bond acceptors (Lipinski definition) is 2. The average Bonchev–Trinajstić information content (AvgIpc) is 2.32. The molecule has 98 valence electrons. The third-order valence-corrected chi connectivity index (χ3v) is 3.60. The molecule has 17 heavy (non-hydrogen) atoms. The number of allylic oxidation sites excluding steroid dienone is 1. The van der Waals surface area contributed by atoms with Crippen LogP contribution >= 0.6 is 0 Å². The fourth-order valence-electron chi connectivity index (χ4n) is 2.78. The molecular weight excluding hydrogens is 212 g/mol. The van der Waals surface area contributed by atoms with E-state index in [9.17, 15) is 0 Å². The zero-order chi connectivity index (χ0) is 12.1. The zero-order valence-electron chi connectivity index (χ0n) is 11.3. The second kappa shape index (κ2) is 6.55. The smallest absolute Gasteiger partial charge is 0.158 e. The molecule has 0 spiro atoms. The summed E-state index contributed by atoms with van der Waals surface area (Å²) in [6.07, 6.45) is 11.3. The molecule has 1 aliphatic carbocycles. The van der Waals surface area contributed by atoms with Crippen LogP contribution in [0.3, 0.4) is 0 Å². The van der Waals surface area contributed by atoms with Crippen molar-refractivity contribution in [3.63, 3.8) is 0 Å². The van der Waals surface area contributed by atoms with Crippen LogP contribution in [0.2, 0.25) is 0 Å². The van der Waals surface area contributed by atoms with Crippen LogP contribution in [0, 0.1) is 5.92 Å². The van der Waals surface area contributed by atoms with E-state index in [-0.39, 0.29) is 6.29 Å². The molecule has 2 rings (SSSR count). The third-order valence-electron chi connectivity index (χ3n) is 3.60. The van der Waals surface area contributed by atoms with Gasteiger partial charge >= 0.3 is 0 Å². The van der Waals surface area contributed by atoms with Gasteiger partial charge < -0.3 is 9.47 Å². The normalized spacial score (nSPS) is 33.2. The first-order chi connectivity index (χ1) is 8.25. The maximum absolute atomic E-state index is 6.16. The largest absolute Gasteiger partial charge is 0.353 e. The molecule has 2 heteroatoms. The van der Waals surface area contributed by atoms with Gasteiger partial charge in [-0.2, -0.15) is 0 Å². The van der Waals surface area contributed by atoms with Crippen molar-refractivity contribution in [2.75, 3.05) is 6.61 Å². The predicted octanol–water partition coefficient (Wildman–Crippen LogP) is 4.05. The molecule has 1 saturated carbocycles. The molecular formula is C15H26O2. The van der Waals surface area contributed by atoms with Crippen LogP contribution in [-0.2, 0) is 9.47 Å². The molecule has 0 N–H and O–H groups in total. The molecule has 0 aromatic carbocycles. The zero-order valence-corrected chi connectivity index (χ0v) is 11.3. The van der Waals surface area contributed by atoms with Crippen LogP contribution in [0.5, 0.6) is 0 Å². The van der Waals surface area contributed by atoms with Gasteiger partial charge in [0, 0.05) is 6.61 Å². The van der Waals surface area contributed by atoms with Gasteiger partial charge in [-0.3, -0.25) is 0 Å². The van der Waals surface area contributed by atoms with Gasteiger partial charge in [-0.25, -0.2) is 0 Å². The molecule has 2 nitrogen and oxygen atoms in total. The Kier molecular flexibility index (Phi) is 5.05. The molecule has 0 aromatic heterocycles. The minimum atomic E-state index is 0.0578. The van der Waals surface area contributed by atoms with Crippen LogP contribution < -0.4 is 0 Å². The van der Waals surface area contributed by atoms with Gasteiger partial charge in [-0.1, -0.05) is 26.3 Å². The fourth-order valence-corrected chi connectivity index (χ4v) is 2.78. The Labute approximate surface area is 105 Å². The molecule has 1 saturated heterocycles. The third kappa shape index (κ3) is 4.11. The molecule has 0 aromatic rings. The highest BCUT2D eigenvalue weighted by Gasteiger charge is 2.24. The monoisotopic (exact) mass is 238 g/mol. The second-order valence-corrected chi connectivity index (χ2v) is 5.65. The summed E-state index contributed by atoms with van der Waals surface area (Å²) in [6, 6.07) is 0. The highest BCUT2D eigenvalue weighted by Crippen LogP contribution is 2.29. The number of ether oxygens (including phenoxy) is 2. The second-order valence-electron chi connectivity index (χ2n) is 5.65. The molecule has 1 aliphatic heterocycles. The van der Waals surface area contributed by atoms with E-state index in [4.69, 9.17) is 9.47 Å². The van der Waals surface area contributed by atoms with Gasteiger partial charge in [0.25, 0.3) is 0 Å². The summed E-state index contributed by atoms with van der Waals surface area (Å²) in [4.78, 5) is 0. The van der Waals surface area contributed by atoms with Gasteiger partial charge in [0.05, 0.1) is 6.10 Å². The summed E-state index contributed by atoms with van der Waals surface area (Å²) in [6.45, 7) is 5.37. The van der Waals surface area contributed by atoms with Crippen LogP contribution in [0.25, 0.3) is 0 Å². The predicted molar refractivity (Wildman–Crippen MR) is 69.9 cm³/mol. The lowest BCUT2D eigenvalue weighted by molar-refractivity contribution is -0.183. The van der Waals surface area contributed by atoms with Crippen molar-refractivity contribution in [2.45, 2.75) is 71.2 Å². The van der Waals surface area contributed by atoms with Gasteiger partial charge in [-0.15, -0.1) is 0 Å². The lowest BCUT2D eigenvalue weighted by Crippen LogP contribution is -2.30. The topological polar surface area (TPSA) is 18.5 Å². The standard InChI is InChI=1S/C15H26O2/c1-12(2)11-13-7-3-4-8-14(13)17-15-9-5-6-10-16-15/h11-12,14-15H,3-10H2,1-2H3/b13-11-/t14-,15-/m1/s1. The SMILES string of the molecule is CC(C)/C=C1/CCCC[C@H]1O[C@@H]1CCCCO1. The summed E-state index contributed by atoms with van der Waals surface area (Å²) in [7, 11) is 0. The fraction of sp³-hybridized carbons (Fsp3) is 0.867. The maximum atomic E-state index is 6.16. The lowest BCUT2D eigenvalue weighted by Gasteiger charge is -2.32. The Hall–Kier alpha value is -0.340. The van der Waals surface area contributed by atoms with Gasteiger partial charge in [-0.05, 0) is 50.0 Å². The summed E-state index contributed by atoms with van der Waals surface area (Å²) in [5.74, 6) is 0.626. The Morgan fingerprint density at radius 1 is 1.18 bits per heavy atom.